The summed E-state index contributed by atoms with van der Waals surface area (Å²) in [6.45, 7) is 0.446. The zero-order valence-corrected chi connectivity index (χ0v) is 12.3. The number of hydrogen-bond donors (Lipinski definition) is 1. The average Bonchev–Trinajstić information content (AvgIpc) is 2.26. The van der Waals surface area contributed by atoms with Gasteiger partial charge in [-0.1, -0.05) is 6.07 Å². The molecule has 0 fully saturated rings. The lowest BCUT2D eigenvalue weighted by molar-refractivity contribution is 0.120. The molecule has 0 spiro atoms. The van der Waals surface area contributed by atoms with Gasteiger partial charge in [0.15, 0.2) is 0 Å². The van der Waals surface area contributed by atoms with E-state index in [4.69, 9.17) is 0 Å². The van der Waals surface area contributed by atoms with Crippen LogP contribution in [-0.2, 0) is 9.84 Å². The van der Waals surface area contributed by atoms with E-state index in [1.54, 1.807) is 11.9 Å². The molecule has 20 heavy (non-hydrogen) atoms. The number of benzene rings is 1. The number of nitrogens with zero attached hydrogens (tertiary/aromatic N) is 1. The lowest BCUT2D eigenvalue weighted by Crippen LogP contribution is -2.27. The first-order chi connectivity index (χ1) is 9.20. The molecule has 4 nitrogen and oxygen atoms in total. The molecular formula is C13H19F2NO3S. The van der Waals surface area contributed by atoms with Crippen LogP contribution in [0.4, 0.5) is 8.78 Å². The molecule has 114 valence electrons. The van der Waals surface area contributed by atoms with Gasteiger partial charge in [0.1, 0.15) is 21.5 Å². The highest BCUT2D eigenvalue weighted by Gasteiger charge is 2.19. The fourth-order valence-corrected chi connectivity index (χ4v) is 2.56. The Labute approximate surface area is 117 Å². The molecule has 1 atom stereocenters. The SMILES string of the molecule is CN(CCCS(C)(=O)=O)CC(O)c1c(F)cccc1F. The van der Waals surface area contributed by atoms with Gasteiger partial charge in [-0.25, -0.2) is 17.2 Å². The maximum atomic E-state index is 13.5. The molecule has 0 bridgehead atoms. The fourth-order valence-electron chi connectivity index (χ4n) is 1.90. The Hall–Kier alpha value is -1.05. The van der Waals surface area contributed by atoms with Gasteiger partial charge in [0, 0.05) is 12.8 Å². The van der Waals surface area contributed by atoms with Gasteiger partial charge in [0.2, 0.25) is 0 Å². The Morgan fingerprint density at radius 2 is 1.85 bits per heavy atom. The topological polar surface area (TPSA) is 57.6 Å². The zero-order chi connectivity index (χ0) is 15.3. The van der Waals surface area contributed by atoms with Crippen molar-refractivity contribution in [1.82, 2.24) is 4.90 Å². The molecule has 0 aromatic heterocycles. The van der Waals surface area contributed by atoms with Crippen LogP contribution in [0.2, 0.25) is 0 Å². The van der Waals surface area contributed by atoms with Gasteiger partial charge in [-0.3, -0.25) is 0 Å². The summed E-state index contributed by atoms with van der Waals surface area (Å²) in [4.78, 5) is 1.64. The molecule has 0 amide bonds. The third-order valence-electron chi connectivity index (χ3n) is 2.87. The lowest BCUT2D eigenvalue weighted by atomic mass is 10.1. The van der Waals surface area contributed by atoms with Crippen molar-refractivity contribution < 1.29 is 22.3 Å². The molecule has 0 aliphatic heterocycles. The van der Waals surface area contributed by atoms with Crippen LogP contribution in [-0.4, -0.2) is 50.6 Å². The van der Waals surface area contributed by atoms with E-state index in [1.165, 1.54) is 6.07 Å². The third kappa shape index (κ3) is 5.52. The summed E-state index contributed by atoms with van der Waals surface area (Å²) in [6, 6.07) is 3.41. The minimum absolute atomic E-state index is 0.0294. The molecule has 1 aromatic rings. The Bertz CT molecular complexity index is 528. The van der Waals surface area contributed by atoms with Crippen molar-refractivity contribution in [2.24, 2.45) is 0 Å². The molecule has 1 rings (SSSR count). The zero-order valence-electron chi connectivity index (χ0n) is 11.5. The van der Waals surface area contributed by atoms with Gasteiger partial charge >= 0.3 is 0 Å². The fraction of sp³-hybridized carbons (Fsp3) is 0.538. The standard InChI is InChI=1S/C13H19F2NO3S/c1-16(7-4-8-20(2,18)19)9-12(17)13-10(14)5-3-6-11(13)15/h3,5-6,12,17H,4,7-9H2,1-2H3. The number of likely N-dealkylation sites (N-methyl/N-ethyl adjacent to an activating group) is 1. The number of aliphatic hydroxyl groups is 1. The molecule has 0 radical (unpaired) electrons. The largest absolute Gasteiger partial charge is 0.387 e. The van der Waals surface area contributed by atoms with Crippen molar-refractivity contribution >= 4 is 9.84 Å². The number of sulfone groups is 1. The second-order valence-corrected chi connectivity index (χ2v) is 7.16. The van der Waals surface area contributed by atoms with Gasteiger partial charge in [-0.15, -0.1) is 0 Å². The van der Waals surface area contributed by atoms with Crippen molar-refractivity contribution in [2.75, 3.05) is 32.1 Å². The normalized spacial score (nSPS) is 13.7. The summed E-state index contributed by atoms with van der Waals surface area (Å²) in [5.41, 5.74) is -0.359. The van der Waals surface area contributed by atoms with Gasteiger partial charge in [-0.05, 0) is 32.1 Å². The van der Waals surface area contributed by atoms with Crippen molar-refractivity contribution in [2.45, 2.75) is 12.5 Å². The van der Waals surface area contributed by atoms with E-state index in [0.717, 1.165) is 18.4 Å². The predicted molar refractivity (Wildman–Crippen MR) is 73.1 cm³/mol. The highest BCUT2D eigenvalue weighted by atomic mass is 32.2. The molecule has 1 unspecified atom stereocenters. The van der Waals surface area contributed by atoms with Crippen LogP contribution in [0.3, 0.4) is 0 Å². The van der Waals surface area contributed by atoms with Gasteiger partial charge in [0.25, 0.3) is 0 Å². The van der Waals surface area contributed by atoms with E-state index < -0.39 is 27.6 Å². The lowest BCUT2D eigenvalue weighted by Gasteiger charge is -2.21. The summed E-state index contributed by atoms with van der Waals surface area (Å²) < 4.78 is 48.9. The first kappa shape index (κ1) is 17.0. The summed E-state index contributed by atoms with van der Waals surface area (Å²) in [6.07, 6.45) is 0.262. The van der Waals surface area contributed by atoms with Crippen molar-refractivity contribution in [3.63, 3.8) is 0 Å². The third-order valence-corrected chi connectivity index (χ3v) is 3.90. The quantitative estimate of drug-likeness (QED) is 0.826. The molecule has 7 heteroatoms. The van der Waals surface area contributed by atoms with Crippen LogP contribution in [0.1, 0.15) is 18.1 Å². The van der Waals surface area contributed by atoms with Crippen LogP contribution in [0.15, 0.2) is 18.2 Å². The highest BCUT2D eigenvalue weighted by Crippen LogP contribution is 2.21. The Morgan fingerprint density at radius 3 is 2.35 bits per heavy atom. The smallest absolute Gasteiger partial charge is 0.147 e. The molecule has 1 N–H and O–H groups in total. The minimum atomic E-state index is -3.02. The highest BCUT2D eigenvalue weighted by molar-refractivity contribution is 7.90. The summed E-state index contributed by atoms with van der Waals surface area (Å²) in [5.74, 6) is -1.54. The molecule has 1 aromatic carbocycles. The molecular weight excluding hydrogens is 288 g/mol. The average molecular weight is 307 g/mol. The van der Waals surface area contributed by atoms with Gasteiger partial charge in [-0.2, -0.15) is 0 Å². The van der Waals surface area contributed by atoms with Crippen molar-refractivity contribution in [1.29, 1.82) is 0 Å². The van der Waals surface area contributed by atoms with Crippen LogP contribution in [0, 0.1) is 11.6 Å². The second kappa shape index (κ2) is 7.10. The van der Waals surface area contributed by atoms with Crippen LogP contribution in [0.25, 0.3) is 0 Å². The van der Waals surface area contributed by atoms with Crippen LogP contribution < -0.4 is 0 Å². The van der Waals surface area contributed by atoms with E-state index in [1.807, 2.05) is 0 Å². The molecule has 0 heterocycles. The number of aliphatic hydroxyl groups excluding tert-OH is 1. The Balaban J connectivity index is 2.55. The Morgan fingerprint density at radius 1 is 1.30 bits per heavy atom. The van der Waals surface area contributed by atoms with Crippen molar-refractivity contribution in [3.05, 3.63) is 35.4 Å². The van der Waals surface area contributed by atoms with E-state index in [-0.39, 0.29) is 17.9 Å². The minimum Gasteiger partial charge on any atom is -0.387 e. The number of hydrogen-bond acceptors (Lipinski definition) is 4. The van der Waals surface area contributed by atoms with E-state index in [0.29, 0.717) is 13.0 Å². The maximum absolute atomic E-state index is 13.5. The van der Waals surface area contributed by atoms with Crippen molar-refractivity contribution in [3.8, 4) is 0 Å². The molecule has 0 saturated carbocycles. The predicted octanol–water partition coefficient (Wildman–Crippen LogP) is 1.36. The summed E-state index contributed by atoms with van der Waals surface area (Å²) in [5, 5.41) is 9.87. The summed E-state index contributed by atoms with van der Waals surface area (Å²) >= 11 is 0. The number of rotatable bonds is 7. The first-order valence-corrected chi connectivity index (χ1v) is 8.25. The molecule has 0 aliphatic rings. The van der Waals surface area contributed by atoms with E-state index in [2.05, 4.69) is 0 Å². The van der Waals surface area contributed by atoms with Gasteiger partial charge < -0.3 is 10.0 Å². The van der Waals surface area contributed by atoms with Crippen LogP contribution >= 0.6 is 0 Å². The first-order valence-electron chi connectivity index (χ1n) is 6.19. The van der Waals surface area contributed by atoms with Crippen LogP contribution in [0.5, 0.6) is 0 Å². The van der Waals surface area contributed by atoms with E-state index >= 15 is 0 Å². The van der Waals surface area contributed by atoms with Gasteiger partial charge in [0.05, 0.1) is 17.4 Å². The maximum Gasteiger partial charge on any atom is 0.147 e. The second-order valence-electron chi connectivity index (χ2n) is 4.90. The summed E-state index contributed by atoms with van der Waals surface area (Å²) in [7, 11) is -1.37. The monoisotopic (exact) mass is 307 g/mol. The Kier molecular flexibility index (Phi) is 6.04. The molecule has 0 aliphatic carbocycles. The van der Waals surface area contributed by atoms with E-state index in [9.17, 15) is 22.3 Å². The number of halogens is 2. The molecule has 0 saturated heterocycles.